The van der Waals surface area contributed by atoms with E-state index in [1.54, 1.807) is 24.3 Å². The van der Waals surface area contributed by atoms with Crippen molar-refractivity contribution in [2.75, 3.05) is 20.2 Å². The van der Waals surface area contributed by atoms with Gasteiger partial charge in [-0.15, -0.1) is 0 Å². The van der Waals surface area contributed by atoms with Crippen LogP contribution < -0.4 is 21.7 Å². The number of carbonyl (C=O) groups is 4. The molecule has 0 spiro atoms. The van der Waals surface area contributed by atoms with Crippen molar-refractivity contribution >= 4 is 40.7 Å². The highest BCUT2D eigenvalue weighted by atomic mass is 16.3. The van der Waals surface area contributed by atoms with Crippen LogP contribution in [0.15, 0.2) is 91.0 Å². The Balaban J connectivity index is 1.24. The molecule has 4 rings (SSSR count). The molecule has 0 heterocycles. The highest BCUT2D eigenvalue weighted by molar-refractivity contribution is 5.91. The standard InChI is InChI=1S/C41H48N5O8/c1-46(38(51)21-16-27-12-17-32(49)18-13-27)37(23-28-14-19-33(50)20-15-28)41(54)44-31(25-47)10-4-5-22-43-40(53)36(26-48)45-39(52)35(42)24-30-9-6-8-29-7-2-3-11-34(29)30/h2-3,6-9,11-15,17-20,31,35-37,48-50H,4-5,10,16,21-24,26,42H2,1H3,(H,43,53)(H,44,54)(H,45,52)/t31-,35+,36+,37+/m1/s1. The maximum atomic E-state index is 13.5. The van der Waals surface area contributed by atoms with Crippen LogP contribution in [0.4, 0.5) is 0 Å². The van der Waals surface area contributed by atoms with Gasteiger partial charge in [-0.25, -0.2) is 0 Å². The molecule has 0 aliphatic heterocycles. The molecule has 0 aliphatic carbocycles. The maximum absolute atomic E-state index is 13.5. The van der Waals surface area contributed by atoms with Crippen molar-refractivity contribution in [3.63, 3.8) is 0 Å². The minimum absolute atomic E-state index is 0.0541. The van der Waals surface area contributed by atoms with Gasteiger partial charge >= 0.3 is 0 Å². The summed E-state index contributed by atoms with van der Waals surface area (Å²) >= 11 is 0. The molecule has 0 saturated heterocycles. The topological polar surface area (TPSA) is 211 Å². The normalized spacial score (nSPS) is 13.2. The lowest BCUT2D eigenvalue weighted by molar-refractivity contribution is -0.139. The number of aromatic hydroxyl groups is 2. The molecule has 285 valence electrons. The summed E-state index contributed by atoms with van der Waals surface area (Å²) in [6.45, 7) is -0.458. The average molecular weight is 739 g/mol. The average Bonchev–Trinajstić information content (AvgIpc) is 3.18. The van der Waals surface area contributed by atoms with E-state index in [-0.39, 0.29) is 49.6 Å². The summed E-state index contributed by atoms with van der Waals surface area (Å²) in [5.74, 6) is -1.85. The number of hydrogen-bond acceptors (Lipinski definition) is 9. The second-order valence-corrected chi connectivity index (χ2v) is 13.2. The Bertz CT molecular complexity index is 1860. The molecule has 0 unspecified atom stereocenters. The van der Waals surface area contributed by atoms with Crippen LogP contribution in [0.2, 0.25) is 0 Å². The van der Waals surface area contributed by atoms with Gasteiger partial charge in [-0.1, -0.05) is 66.7 Å². The summed E-state index contributed by atoms with van der Waals surface area (Å²) < 4.78 is 0. The summed E-state index contributed by atoms with van der Waals surface area (Å²) in [6.07, 6.45) is 3.75. The summed E-state index contributed by atoms with van der Waals surface area (Å²) in [5, 5.41) is 38.9. The van der Waals surface area contributed by atoms with Crippen LogP contribution in [0.3, 0.4) is 0 Å². The summed E-state index contributed by atoms with van der Waals surface area (Å²) in [5.41, 5.74) is 8.59. The number of nitrogens with zero attached hydrogens (tertiary/aromatic N) is 1. The number of phenols is 2. The number of aliphatic hydroxyl groups excluding tert-OH is 1. The lowest BCUT2D eigenvalue weighted by atomic mass is 9.98. The smallest absolute Gasteiger partial charge is 0.244 e. The molecule has 1 radical (unpaired) electrons. The predicted octanol–water partition coefficient (Wildman–Crippen LogP) is 2.18. The number of likely N-dealkylation sites (N-methyl/N-ethyl adjacent to an activating group) is 1. The third-order valence-corrected chi connectivity index (χ3v) is 9.24. The Morgan fingerprint density at radius 1 is 0.778 bits per heavy atom. The van der Waals surface area contributed by atoms with E-state index in [0.29, 0.717) is 24.8 Å². The number of nitrogens with one attached hydrogen (secondary N) is 3. The van der Waals surface area contributed by atoms with Crippen molar-refractivity contribution in [2.45, 2.75) is 69.1 Å². The molecule has 0 fully saturated rings. The Morgan fingerprint density at radius 3 is 2.09 bits per heavy atom. The zero-order valence-electron chi connectivity index (χ0n) is 30.2. The van der Waals surface area contributed by atoms with E-state index in [4.69, 9.17) is 5.73 Å². The molecule has 54 heavy (non-hydrogen) atoms. The number of carbonyl (C=O) groups excluding carboxylic acids is 5. The zero-order chi connectivity index (χ0) is 39.0. The highest BCUT2D eigenvalue weighted by Crippen LogP contribution is 2.20. The van der Waals surface area contributed by atoms with E-state index in [1.165, 1.54) is 36.2 Å². The quantitative estimate of drug-likeness (QED) is 0.0662. The number of hydrogen-bond donors (Lipinski definition) is 7. The predicted molar refractivity (Wildman–Crippen MR) is 204 cm³/mol. The number of amides is 4. The van der Waals surface area contributed by atoms with Gasteiger partial charge in [-0.2, -0.15) is 0 Å². The molecular formula is C41H48N5O8. The van der Waals surface area contributed by atoms with Gasteiger partial charge in [-0.05, 0) is 83.8 Å². The fourth-order valence-corrected chi connectivity index (χ4v) is 6.03. The number of fused-ring (bicyclic) bond motifs is 1. The molecule has 0 saturated carbocycles. The van der Waals surface area contributed by atoms with Crippen molar-refractivity contribution in [2.24, 2.45) is 5.73 Å². The number of aliphatic hydroxyl groups is 1. The SMILES string of the molecule is CN(C(=O)CCc1ccc(O)cc1)[C@@H](Cc1ccc(O)cc1)C(=O)N[C@@H]([C]=O)CCCCNC(=O)[C@H](CO)NC(=O)[C@@H](N)Cc1cccc2ccccc12. The largest absolute Gasteiger partial charge is 0.508 e. The van der Waals surface area contributed by atoms with Gasteiger partial charge in [-0.3, -0.25) is 24.0 Å². The maximum Gasteiger partial charge on any atom is 0.244 e. The van der Waals surface area contributed by atoms with Crippen LogP contribution in [-0.2, 0) is 43.2 Å². The third-order valence-electron chi connectivity index (χ3n) is 9.24. The lowest BCUT2D eigenvalue weighted by Crippen LogP contribution is -2.53. The zero-order valence-corrected chi connectivity index (χ0v) is 30.2. The van der Waals surface area contributed by atoms with E-state index in [1.807, 2.05) is 48.8 Å². The Hall–Kier alpha value is -5.79. The molecule has 4 atom stereocenters. The van der Waals surface area contributed by atoms with E-state index in [0.717, 1.165) is 21.9 Å². The number of aryl methyl sites for hydroxylation is 1. The van der Waals surface area contributed by atoms with Crippen LogP contribution in [0.1, 0.15) is 42.4 Å². The van der Waals surface area contributed by atoms with E-state index < -0.39 is 48.5 Å². The summed E-state index contributed by atoms with van der Waals surface area (Å²) in [4.78, 5) is 65.6. The fraction of sp³-hybridized carbons (Fsp3) is 0.341. The van der Waals surface area contributed by atoms with Gasteiger partial charge in [0, 0.05) is 26.4 Å². The summed E-state index contributed by atoms with van der Waals surface area (Å²) in [6, 6.07) is 22.1. The molecule has 13 heteroatoms. The van der Waals surface area contributed by atoms with Crippen molar-refractivity contribution in [1.29, 1.82) is 0 Å². The van der Waals surface area contributed by atoms with E-state index in [2.05, 4.69) is 16.0 Å². The van der Waals surface area contributed by atoms with Gasteiger partial charge in [0.1, 0.15) is 23.6 Å². The van der Waals surface area contributed by atoms with E-state index >= 15 is 0 Å². The third kappa shape index (κ3) is 12.1. The second-order valence-electron chi connectivity index (χ2n) is 13.2. The lowest BCUT2D eigenvalue weighted by Gasteiger charge is -2.28. The molecule has 13 nitrogen and oxygen atoms in total. The van der Waals surface area contributed by atoms with Crippen molar-refractivity contribution in [3.05, 3.63) is 108 Å². The molecule has 4 amide bonds. The first-order valence-electron chi connectivity index (χ1n) is 17.9. The van der Waals surface area contributed by atoms with Crippen LogP contribution in [0.25, 0.3) is 10.8 Å². The number of nitrogens with two attached hydrogens (primary N) is 1. The molecule has 4 aromatic carbocycles. The van der Waals surface area contributed by atoms with Gasteiger partial charge < -0.3 is 41.9 Å². The minimum atomic E-state index is -1.21. The highest BCUT2D eigenvalue weighted by Gasteiger charge is 2.29. The molecule has 8 N–H and O–H groups in total. The first-order chi connectivity index (χ1) is 26.0. The van der Waals surface area contributed by atoms with Crippen molar-refractivity contribution in [3.8, 4) is 11.5 Å². The van der Waals surface area contributed by atoms with Crippen LogP contribution >= 0.6 is 0 Å². The number of rotatable bonds is 20. The number of unbranched alkanes of at least 4 members (excludes halogenated alkanes) is 1. The number of benzene rings is 4. The molecule has 0 bridgehead atoms. The van der Waals surface area contributed by atoms with Crippen molar-refractivity contribution in [1.82, 2.24) is 20.9 Å². The Kier molecular flexibility index (Phi) is 15.5. The molecular weight excluding hydrogens is 690 g/mol. The fourth-order valence-electron chi connectivity index (χ4n) is 6.03. The van der Waals surface area contributed by atoms with Gasteiger partial charge in [0.05, 0.1) is 18.7 Å². The molecule has 0 aromatic heterocycles. The van der Waals surface area contributed by atoms with E-state index in [9.17, 15) is 39.3 Å². The van der Waals surface area contributed by atoms with Crippen LogP contribution in [0, 0.1) is 0 Å². The van der Waals surface area contributed by atoms with Gasteiger partial charge in [0.25, 0.3) is 0 Å². The Labute approximate surface area is 314 Å². The monoisotopic (exact) mass is 738 g/mol. The van der Waals surface area contributed by atoms with Crippen LogP contribution in [0.5, 0.6) is 11.5 Å². The molecule has 0 aliphatic rings. The second kappa shape index (κ2) is 20.5. The Morgan fingerprint density at radius 2 is 1.43 bits per heavy atom. The van der Waals surface area contributed by atoms with Crippen LogP contribution in [-0.4, -0.2) is 94.5 Å². The first kappa shape index (κ1) is 41.0. The van der Waals surface area contributed by atoms with Crippen molar-refractivity contribution < 1.29 is 39.3 Å². The first-order valence-corrected chi connectivity index (χ1v) is 17.9. The molecule has 4 aromatic rings. The van der Waals surface area contributed by atoms with Gasteiger partial charge in [0.15, 0.2) is 0 Å². The number of phenolic OH excluding ortho intramolecular Hbond substituents is 2. The summed E-state index contributed by atoms with van der Waals surface area (Å²) in [7, 11) is 1.52. The van der Waals surface area contributed by atoms with Gasteiger partial charge in [0.2, 0.25) is 29.9 Å². The minimum Gasteiger partial charge on any atom is -0.508 e.